The Hall–Kier alpha value is -1.90. The fourth-order valence-corrected chi connectivity index (χ4v) is 13.9. The first-order valence-corrected chi connectivity index (χ1v) is 24.5. The molecule has 1 heterocycles. The molecule has 0 amide bonds. The molecular weight excluding hydrogens is 689 g/mol. The Morgan fingerprint density at radius 2 is 1.46 bits per heavy atom. The molecular formula is C42H70O8Si2. The lowest BCUT2D eigenvalue weighted by Gasteiger charge is -2.44. The molecule has 3 rings (SSSR count). The summed E-state index contributed by atoms with van der Waals surface area (Å²) >= 11 is 0. The smallest absolute Gasteiger partial charge is 0.200 e. The molecule has 1 aliphatic heterocycles. The van der Waals surface area contributed by atoms with E-state index in [9.17, 15) is 9.90 Å². The van der Waals surface area contributed by atoms with Crippen LogP contribution in [-0.4, -0.2) is 72.3 Å². The fraction of sp³-hybridized carbons (Fsp3) is 0.690. The van der Waals surface area contributed by atoms with E-state index >= 15 is 0 Å². The van der Waals surface area contributed by atoms with Gasteiger partial charge in [-0.05, 0) is 58.9 Å². The highest BCUT2D eigenvalue weighted by molar-refractivity contribution is 6.77. The Kier molecular flexibility index (Phi) is 17.2. The van der Waals surface area contributed by atoms with Gasteiger partial charge in [0.25, 0.3) is 0 Å². The van der Waals surface area contributed by atoms with E-state index < -0.39 is 29.0 Å². The third-order valence-corrected chi connectivity index (χ3v) is 21.9. The number of carbonyl (C=O) groups is 1. The molecule has 0 aliphatic carbocycles. The van der Waals surface area contributed by atoms with E-state index in [-0.39, 0.29) is 42.0 Å². The van der Waals surface area contributed by atoms with E-state index in [2.05, 4.69) is 75.4 Å². The van der Waals surface area contributed by atoms with Crippen molar-refractivity contribution in [2.75, 3.05) is 20.3 Å². The molecule has 1 saturated heterocycles. The Bertz CT molecular complexity index is 1300. The number of benzene rings is 2. The first-order valence-electron chi connectivity index (χ1n) is 19.5. The maximum atomic E-state index is 13.5. The Morgan fingerprint density at radius 3 is 2.02 bits per heavy atom. The molecule has 5 atom stereocenters. The molecule has 8 nitrogen and oxygen atoms in total. The maximum absolute atomic E-state index is 13.5. The Morgan fingerprint density at radius 1 is 0.865 bits per heavy atom. The van der Waals surface area contributed by atoms with Crippen LogP contribution < -0.4 is 4.74 Å². The third kappa shape index (κ3) is 12.9. The summed E-state index contributed by atoms with van der Waals surface area (Å²) in [6.07, 6.45) is -0.463. The second-order valence-corrected chi connectivity index (χ2v) is 27.4. The van der Waals surface area contributed by atoms with Gasteiger partial charge in [-0.2, -0.15) is 0 Å². The second-order valence-electron chi connectivity index (χ2n) is 17.1. The number of aliphatic hydroxyl groups excluding tert-OH is 1. The average molecular weight is 759 g/mol. The van der Waals surface area contributed by atoms with Gasteiger partial charge in [-0.3, -0.25) is 4.79 Å². The predicted octanol–water partition coefficient (Wildman–Crippen LogP) is 10.2. The van der Waals surface area contributed by atoms with Crippen molar-refractivity contribution < 1.29 is 37.7 Å². The van der Waals surface area contributed by atoms with Crippen molar-refractivity contribution in [2.24, 2.45) is 0 Å². The predicted molar refractivity (Wildman–Crippen MR) is 215 cm³/mol. The maximum Gasteiger partial charge on any atom is 0.200 e. The molecule has 1 unspecified atom stereocenters. The third-order valence-electron chi connectivity index (χ3n) is 11.3. The van der Waals surface area contributed by atoms with Crippen molar-refractivity contribution in [2.45, 2.75) is 166 Å². The highest BCUT2D eigenvalue weighted by Crippen LogP contribution is 2.43. The SMILES string of the molecule is COc1ccc(CO[C@H](CCO[Si](C)(C)C(C)(C)C)CC(=O)CC(O)C[C@@H]2C[C@H](CO[Si](C(C)C)(C(C)C)C(C)C)O[C@H](c3ccccc3)O2)cc1. The largest absolute Gasteiger partial charge is 0.497 e. The molecule has 1 fully saturated rings. The summed E-state index contributed by atoms with van der Waals surface area (Å²) in [5.41, 5.74) is 3.32. The van der Waals surface area contributed by atoms with Gasteiger partial charge in [-0.25, -0.2) is 0 Å². The second kappa shape index (κ2) is 20.1. The van der Waals surface area contributed by atoms with Gasteiger partial charge in [0.1, 0.15) is 11.5 Å². The summed E-state index contributed by atoms with van der Waals surface area (Å²) in [6.45, 7) is 26.2. The number of hydrogen-bond donors (Lipinski definition) is 1. The molecule has 52 heavy (non-hydrogen) atoms. The summed E-state index contributed by atoms with van der Waals surface area (Å²) in [5.74, 6) is 0.749. The number of rotatable bonds is 21. The number of hydrogen-bond acceptors (Lipinski definition) is 8. The summed E-state index contributed by atoms with van der Waals surface area (Å²) in [5, 5.41) is 11.4. The lowest BCUT2D eigenvalue weighted by Crippen LogP contribution is -2.50. The summed E-state index contributed by atoms with van der Waals surface area (Å²) < 4.78 is 38.0. The van der Waals surface area contributed by atoms with E-state index in [1.807, 2.05) is 54.6 Å². The van der Waals surface area contributed by atoms with E-state index in [1.54, 1.807) is 7.11 Å². The van der Waals surface area contributed by atoms with Crippen LogP contribution in [0.5, 0.6) is 5.75 Å². The minimum atomic E-state index is -2.11. The normalized spacial score (nSPS) is 20.0. The quantitative estimate of drug-likeness (QED) is 0.126. The van der Waals surface area contributed by atoms with Crippen LogP contribution in [0.2, 0.25) is 34.8 Å². The zero-order chi connectivity index (χ0) is 38.7. The molecule has 0 spiro atoms. The fourth-order valence-electron chi connectivity index (χ4n) is 7.38. The summed E-state index contributed by atoms with van der Waals surface area (Å²) in [4.78, 5) is 13.5. The van der Waals surface area contributed by atoms with Gasteiger partial charge in [0.05, 0.1) is 44.7 Å². The van der Waals surface area contributed by atoms with Crippen molar-refractivity contribution >= 4 is 22.4 Å². The van der Waals surface area contributed by atoms with E-state index in [4.69, 9.17) is 27.8 Å². The van der Waals surface area contributed by atoms with Gasteiger partial charge < -0.3 is 32.9 Å². The number of aliphatic hydroxyl groups is 1. The number of ether oxygens (including phenoxy) is 4. The number of Topliss-reactive ketones (excluding diaryl/α,β-unsaturated/α-hetero) is 1. The van der Waals surface area contributed by atoms with Crippen LogP contribution in [0.3, 0.4) is 0 Å². The van der Waals surface area contributed by atoms with Crippen molar-refractivity contribution in [3.05, 3.63) is 65.7 Å². The monoisotopic (exact) mass is 758 g/mol. The van der Waals surface area contributed by atoms with Gasteiger partial charge in [-0.15, -0.1) is 0 Å². The first-order chi connectivity index (χ1) is 24.4. The molecule has 2 aromatic carbocycles. The van der Waals surface area contributed by atoms with E-state index in [1.165, 1.54) is 0 Å². The zero-order valence-electron chi connectivity index (χ0n) is 34.3. The molecule has 0 saturated carbocycles. The highest BCUT2D eigenvalue weighted by Gasteiger charge is 2.46. The topological polar surface area (TPSA) is 92.7 Å². The van der Waals surface area contributed by atoms with Crippen LogP contribution >= 0.6 is 0 Å². The van der Waals surface area contributed by atoms with Crippen molar-refractivity contribution in [1.29, 1.82) is 0 Å². The molecule has 1 aliphatic rings. The lowest BCUT2D eigenvalue weighted by atomic mass is 9.98. The van der Waals surface area contributed by atoms with Crippen LogP contribution in [0.1, 0.15) is 112 Å². The zero-order valence-corrected chi connectivity index (χ0v) is 36.3. The average Bonchev–Trinajstić information content (AvgIpc) is 3.06. The highest BCUT2D eigenvalue weighted by atomic mass is 28.4. The Labute approximate surface area is 317 Å². The molecule has 294 valence electrons. The Balaban J connectivity index is 1.67. The van der Waals surface area contributed by atoms with Gasteiger partial charge >= 0.3 is 0 Å². The van der Waals surface area contributed by atoms with Gasteiger partial charge in [0, 0.05) is 37.9 Å². The molecule has 2 aromatic rings. The minimum absolute atomic E-state index is 0.0345. The standard InChI is InChI=1S/C42H70O8Si2/c1-30(2)52(31(3)4,32(5)6)48-29-40-27-39(49-41(50-40)34-16-14-13-15-17-34)26-36(44)24-35(43)25-38(22-23-47-51(11,12)42(7,8)9)46-28-33-18-20-37(45-10)21-19-33/h13-21,30-32,36,38-41,44H,22-29H2,1-12H3/t36?,38-,39-,40-,41-/m1/s1. The van der Waals surface area contributed by atoms with Crippen LogP contribution in [-0.2, 0) is 34.5 Å². The number of carbonyl (C=O) groups excluding carboxylic acids is 1. The van der Waals surface area contributed by atoms with Crippen molar-refractivity contribution in [3.8, 4) is 5.75 Å². The molecule has 0 bridgehead atoms. The van der Waals surface area contributed by atoms with E-state index in [0.29, 0.717) is 55.7 Å². The number of ketones is 1. The summed E-state index contributed by atoms with van der Waals surface area (Å²) in [7, 11) is -2.42. The van der Waals surface area contributed by atoms with Gasteiger partial charge in [0.15, 0.2) is 22.9 Å². The van der Waals surface area contributed by atoms with Crippen LogP contribution in [0.15, 0.2) is 54.6 Å². The first kappa shape index (κ1) is 44.5. The number of methoxy groups -OCH3 is 1. The molecule has 10 heteroatoms. The van der Waals surface area contributed by atoms with Gasteiger partial charge in [-0.1, -0.05) is 105 Å². The van der Waals surface area contributed by atoms with Crippen LogP contribution in [0, 0.1) is 0 Å². The molecule has 0 aromatic heterocycles. The minimum Gasteiger partial charge on any atom is -0.497 e. The van der Waals surface area contributed by atoms with Crippen molar-refractivity contribution in [1.82, 2.24) is 0 Å². The van der Waals surface area contributed by atoms with Gasteiger partial charge in [0.2, 0.25) is 0 Å². The molecule has 1 N–H and O–H groups in total. The van der Waals surface area contributed by atoms with E-state index in [0.717, 1.165) is 16.9 Å². The molecule has 0 radical (unpaired) electrons. The van der Waals surface area contributed by atoms with Crippen molar-refractivity contribution in [3.63, 3.8) is 0 Å². The van der Waals surface area contributed by atoms with Crippen LogP contribution in [0.4, 0.5) is 0 Å². The summed E-state index contributed by atoms with van der Waals surface area (Å²) in [6, 6.07) is 17.7. The van der Waals surface area contributed by atoms with Crippen LogP contribution in [0.25, 0.3) is 0 Å². The lowest BCUT2D eigenvalue weighted by molar-refractivity contribution is -0.256.